The maximum Gasteiger partial charge on any atom is 0.274 e. The molecule has 0 saturated carbocycles. The quantitative estimate of drug-likeness (QED) is 0.349. The summed E-state index contributed by atoms with van der Waals surface area (Å²) in [5.74, 6) is -1.84. The van der Waals surface area contributed by atoms with Crippen LogP contribution in [0.1, 0.15) is 11.1 Å². The number of rotatable bonds is 7. The average Bonchev–Trinajstić information content (AvgIpc) is 3.28. The van der Waals surface area contributed by atoms with Crippen molar-refractivity contribution in [3.05, 3.63) is 81.9 Å². The minimum atomic E-state index is -2.81. The van der Waals surface area contributed by atoms with Gasteiger partial charge in [-0.2, -0.15) is 5.26 Å². The van der Waals surface area contributed by atoms with Crippen LogP contribution in [0.2, 0.25) is 0 Å². The summed E-state index contributed by atoms with van der Waals surface area (Å²) in [7, 11) is -1.23. The highest BCUT2D eigenvalue weighted by molar-refractivity contribution is 7.70. The van der Waals surface area contributed by atoms with Gasteiger partial charge in [0.1, 0.15) is 17.1 Å². The number of nitriles is 1. The Bertz CT molecular complexity index is 1580. The standard InChI is InChI=1S/C23H18F2N4O4S/c1-29-12-18(16-5-6-27-22(16)23(29)30)17-8-13(4-7-28-34(31)32)14(11-26)9-21(17)33-20-3-2-15(24)10-19(20)25/h2-3,5-6,8-10,12,27,34H,4,7H2,1H3,(H,28,31,32). The second-order valence-corrected chi connectivity index (χ2v) is 8.26. The molecule has 2 heterocycles. The van der Waals surface area contributed by atoms with Gasteiger partial charge in [-0.3, -0.25) is 4.79 Å². The third kappa shape index (κ3) is 4.54. The normalized spacial score (nSPS) is 11.1. The number of pyridine rings is 1. The predicted octanol–water partition coefficient (Wildman–Crippen LogP) is 3.13. The van der Waals surface area contributed by atoms with Crippen LogP contribution in [0.4, 0.5) is 8.78 Å². The fourth-order valence-corrected chi connectivity index (χ4v) is 3.97. The van der Waals surface area contributed by atoms with E-state index in [4.69, 9.17) is 4.74 Å². The molecular formula is C23H18F2N4O4S. The van der Waals surface area contributed by atoms with Crippen LogP contribution in [0, 0.1) is 23.0 Å². The molecule has 0 radical (unpaired) electrons. The maximum atomic E-state index is 14.3. The lowest BCUT2D eigenvalue weighted by Crippen LogP contribution is -2.17. The van der Waals surface area contributed by atoms with Gasteiger partial charge in [0.05, 0.1) is 11.6 Å². The van der Waals surface area contributed by atoms with Gasteiger partial charge in [-0.05, 0) is 42.3 Å². The number of benzene rings is 2. The van der Waals surface area contributed by atoms with E-state index in [1.54, 1.807) is 31.6 Å². The van der Waals surface area contributed by atoms with Crippen molar-refractivity contribution in [1.29, 1.82) is 5.26 Å². The Morgan fingerprint density at radius 3 is 2.65 bits per heavy atom. The summed E-state index contributed by atoms with van der Waals surface area (Å²) in [6, 6.07) is 9.66. The molecule has 0 bridgehead atoms. The number of fused-ring (bicyclic) bond motifs is 1. The van der Waals surface area contributed by atoms with E-state index < -0.39 is 22.5 Å². The second kappa shape index (κ2) is 9.46. The molecule has 2 N–H and O–H groups in total. The Balaban J connectivity index is 1.93. The summed E-state index contributed by atoms with van der Waals surface area (Å²) in [6.07, 6.45) is 3.39. The van der Waals surface area contributed by atoms with Crippen molar-refractivity contribution in [1.82, 2.24) is 14.3 Å². The Morgan fingerprint density at radius 2 is 1.94 bits per heavy atom. The number of aromatic amines is 1. The molecule has 0 unspecified atom stereocenters. The number of thiol groups is 1. The number of ether oxygens (including phenoxy) is 1. The zero-order chi connectivity index (χ0) is 24.4. The van der Waals surface area contributed by atoms with Crippen molar-refractivity contribution >= 4 is 21.8 Å². The Labute approximate surface area is 194 Å². The summed E-state index contributed by atoms with van der Waals surface area (Å²) in [5.41, 5.74) is 1.79. The highest BCUT2D eigenvalue weighted by Crippen LogP contribution is 2.39. The average molecular weight is 484 g/mol. The molecule has 0 saturated heterocycles. The lowest BCUT2D eigenvalue weighted by atomic mass is 9.95. The SMILES string of the molecule is Cn1cc(-c2cc(CCN[SH](=O)=O)c(C#N)cc2Oc2ccc(F)cc2F)c2cc[nH]c2c1=O. The van der Waals surface area contributed by atoms with Gasteiger partial charge in [-0.25, -0.2) is 21.9 Å². The van der Waals surface area contributed by atoms with Crippen LogP contribution in [-0.4, -0.2) is 24.5 Å². The summed E-state index contributed by atoms with van der Waals surface area (Å²) < 4.78 is 58.9. The van der Waals surface area contributed by atoms with Crippen molar-refractivity contribution in [2.24, 2.45) is 7.05 Å². The van der Waals surface area contributed by atoms with Crippen LogP contribution in [0.5, 0.6) is 11.5 Å². The van der Waals surface area contributed by atoms with Crippen molar-refractivity contribution in [2.45, 2.75) is 6.42 Å². The summed E-state index contributed by atoms with van der Waals surface area (Å²) in [6.45, 7) is 0.0620. The zero-order valence-corrected chi connectivity index (χ0v) is 18.7. The highest BCUT2D eigenvalue weighted by Gasteiger charge is 2.19. The summed E-state index contributed by atoms with van der Waals surface area (Å²) in [5, 5.41) is 10.2. The van der Waals surface area contributed by atoms with E-state index in [1.165, 1.54) is 10.6 Å². The minimum Gasteiger partial charge on any atom is -0.454 e. The molecule has 0 aliphatic heterocycles. The first-order chi connectivity index (χ1) is 16.3. The van der Waals surface area contributed by atoms with Crippen molar-refractivity contribution in [2.75, 3.05) is 6.54 Å². The second-order valence-electron chi connectivity index (χ2n) is 7.43. The van der Waals surface area contributed by atoms with Crippen molar-refractivity contribution in [3.8, 4) is 28.7 Å². The molecule has 34 heavy (non-hydrogen) atoms. The van der Waals surface area contributed by atoms with E-state index in [9.17, 15) is 27.3 Å². The molecule has 2 aromatic heterocycles. The fraction of sp³-hybridized carbons (Fsp3) is 0.130. The Morgan fingerprint density at radius 1 is 1.15 bits per heavy atom. The number of nitrogens with one attached hydrogen (secondary N) is 2. The van der Waals surface area contributed by atoms with Gasteiger partial charge in [-0.1, -0.05) is 0 Å². The third-order valence-corrected chi connectivity index (χ3v) is 5.74. The smallest absolute Gasteiger partial charge is 0.274 e. The Kier molecular flexibility index (Phi) is 6.45. The molecule has 0 aliphatic rings. The van der Waals surface area contributed by atoms with Crippen LogP contribution in [0.25, 0.3) is 22.0 Å². The topological polar surface area (TPSA) is 117 Å². The first-order valence-electron chi connectivity index (χ1n) is 10.0. The van der Waals surface area contributed by atoms with Gasteiger partial charge in [0.25, 0.3) is 5.56 Å². The molecular weight excluding hydrogens is 466 g/mol. The van der Waals surface area contributed by atoms with Crippen molar-refractivity contribution < 1.29 is 21.9 Å². The van der Waals surface area contributed by atoms with E-state index in [0.29, 0.717) is 33.7 Å². The van der Waals surface area contributed by atoms with Crippen LogP contribution in [0.3, 0.4) is 0 Å². The van der Waals surface area contributed by atoms with Gasteiger partial charge < -0.3 is 14.3 Å². The molecule has 0 amide bonds. The molecule has 174 valence electrons. The van der Waals surface area contributed by atoms with Gasteiger partial charge in [0.2, 0.25) is 10.9 Å². The van der Waals surface area contributed by atoms with Gasteiger partial charge in [0, 0.05) is 48.6 Å². The number of aromatic nitrogens is 2. The molecule has 0 atom stereocenters. The number of H-pyrrole nitrogens is 1. The third-order valence-electron chi connectivity index (χ3n) is 5.26. The molecule has 2 aromatic carbocycles. The van der Waals surface area contributed by atoms with Crippen LogP contribution < -0.4 is 15.0 Å². The lowest BCUT2D eigenvalue weighted by molar-refractivity contribution is 0.439. The van der Waals surface area contributed by atoms with Crippen LogP contribution >= 0.6 is 0 Å². The maximum absolute atomic E-state index is 14.3. The number of halogens is 2. The minimum absolute atomic E-state index is 0.0620. The fourth-order valence-electron chi connectivity index (χ4n) is 3.67. The summed E-state index contributed by atoms with van der Waals surface area (Å²) in [4.78, 5) is 15.4. The molecule has 0 spiro atoms. The van der Waals surface area contributed by atoms with Crippen LogP contribution in [-0.2, 0) is 24.4 Å². The van der Waals surface area contributed by atoms with Crippen molar-refractivity contribution in [3.63, 3.8) is 0 Å². The Hall–Kier alpha value is -4.01. The molecule has 4 aromatic rings. The summed E-state index contributed by atoms with van der Waals surface area (Å²) >= 11 is 0. The van der Waals surface area contributed by atoms with Gasteiger partial charge >= 0.3 is 0 Å². The van der Waals surface area contributed by atoms with E-state index in [-0.39, 0.29) is 35.6 Å². The van der Waals surface area contributed by atoms with E-state index in [2.05, 4.69) is 9.71 Å². The number of nitrogens with zero attached hydrogens (tertiary/aromatic N) is 2. The van der Waals surface area contributed by atoms with E-state index in [1.807, 2.05) is 6.07 Å². The zero-order valence-electron chi connectivity index (χ0n) is 17.8. The van der Waals surface area contributed by atoms with E-state index >= 15 is 0 Å². The molecule has 0 aliphatic carbocycles. The lowest BCUT2D eigenvalue weighted by Gasteiger charge is -2.16. The van der Waals surface area contributed by atoms with E-state index in [0.717, 1.165) is 12.1 Å². The van der Waals surface area contributed by atoms with Crippen LogP contribution in [0.15, 0.2) is 53.6 Å². The van der Waals surface area contributed by atoms with Gasteiger partial charge in [-0.15, -0.1) is 0 Å². The number of hydrogen-bond donors (Lipinski definition) is 3. The number of hydrogen-bond acceptors (Lipinski definition) is 5. The largest absolute Gasteiger partial charge is 0.454 e. The molecule has 8 nitrogen and oxygen atoms in total. The predicted molar refractivity (Wildman–Crippen MR) is 122 cm³/mol. The molecule has 0 fully saturated rings. The first-order valence-corrected chi connectivity index (χ1v) is 11.2. The monoisotopic (exact) mass is 484 g/mol. The van der Waals surface area contributed by atoms with Gasteiger partial charge in [0.15, 0.2) is 11.6 Å². The molecule has 4 rings (SSSR count). The highest BCUT2D eigenvalue weighted by atomic mass is 32.2. The molecule has 11 heteroatoms. The first kappa shape index (κ1) is 23.2. The number of aryl methyl sites for hydroxylation is 1.